The summed E-state index contributed by atoms with van der Waals surface area (Å²) in [7, 11) is 0. The van der Waals surface area contributed by atoms with Crippen LogP contribution in [0.2, 0.25) is 0 Å². The third-order valence-corrected chi connectivity index (χ3v) is 5.44. The van der Waals surface area contributed by atoms with Gasteiger partial charge in [-0.2, -0.15) is 0 Å². The highest BCUT2D eigenvalue weighted by Crippen LogP contribution is 2.30. The van der Waals surface area contributed by atoms with Crippen molar-refractivity contribution in [1.29, 1.82) is 0 Å². The van der Waals surface area contributed by atoms with E-state index >= 15 is 0 Å². The van der Waals surface area contributed by atoms with Gasteiger partial charge >= 0.3 is 5.63 Å². The van der Waals surface area contributed by atoms with E-state index < -0.39 is 5.63 Å². The average Bonchev–Trinajstić information content (AvgIpc) is 2.78. The van der Waals surface area contributed by atoms with Gasteiger partial charge < -0.3 is 19.2 Å². The minimum atomic E-state index is -0.454. The van der Waals surface area contributed by atoms with Crippen LogP contribution >= 0.6 is 0 Å². The number of aliphatic hydroxyl groups is 1. The van der Waals surface area contributed by atoms with Gasteiger partial charge in [0.05, 0.1) is 23.1 Å². The van der Waals surface area contributed by atoms with Gasteiger partial charge in [0.25, 0.3) is 6.47 Å². The topological polar surface area (TPSA) is 106 Å². The van der Waals surface area contributed by atoms with Gasteiger partial charge in [0.1, 0.15) is 11.9 Å². The number of rotatable bonds is 6. The molecule has 0 amide bonds. The number of hydrogen-bond acceptors (Lipinski definition) is 8. The molecule has 0 radical (unpaired) electrons. The molecule has 0 unspecified atom stereocenters. The standard InChI is InChI=1S/C22H23N3O5/c1-2-15-10-14(12-26)11-18-19(15)22(28)30-21(24-18)17-4-3-7-23-20(17)25-8-5-16(6-9-25)29-13-27/h3-4,7,10-11,13,16,26H,2,5-6,8-9,12H2,1H3. The molecule has 4 rings (SSSR count). The molecule has 8 nitrogen and oxygen atoms in total. The highest BCUT2D eigenvalue weighted by atomic mass is 16.5. The largest absolute Gasteiger partial charge is 0.464 e. The molecule has 1 saturated heterocycles. The summed E-state index contributed by atoms with van der Waals surface area (Å²) in [5.74, 6) is 0.866. The Balaban J connectivity index is 1.76. The monoisotopic (exact) mass is 409 g/mol. The Morgan fingerprint density at radius 1 is 1.33 bits per heavy atom. The maximum Gasteiger partial charge on any atom is 0.347 e. The number of hydrogen-bond donors (Lipinski definition) is 1. The normalized spacial score (nSPS) is 14.8. The first kappa shape index (κ1) is 20.0. The Hall–Kier alpha value is -3.26. The lowest BCUT2D eigenvalue weighted by molar-refractivity contribution is -0.134. The summed E-state index contributed by atoms with van der Waals surface area (Å²) in [4.78, 5) is 34.6. The van der Waals surface area contributed by atoms with Gasteiger partial charge in [-0.1, -0.05) is 13.0 Å². The number of piperidine rings is 1. The van der Waals surface area contributed by atoms with Gasteiger partial charge in [-0.15, -0.1) is 0 Å². The van der Waals surface area contributed by atoms with Crippen LogP contribution in [-0.4, -0.2) is 40.7 Å². The number of carbonyl (C=O) groups excluding carboxylic acids is 1. The predicted octanol–water partition coefficient (Wildman–Crippen LogP) is 2.45. The fraction of sp³-hybridized carbons (Fsp3) is 0.364. The maximum atomic E-state index is 12.8. The zero-order valence-electron chi connectivity index (χ0n) is 16.7. The number of aryl methyl sites for hydroxylation is 1. The molecule has 8 heteroatoms. The minimum Gasteiger partial charge on any atom is -0.464 e. The Morgan fingerprint density at radius 2 is 2.13 bits per heavy atom. The molecular formula is C22H23N3O5. The molecule has 1 aromatic carbocycles. The number of nitrogens with zero attached hydrogens (tertiary/aromatic N) is 3. The van der Waals surface area contributed by atoms with Crippen LogP contribution in [0.4, 0.5) is 5.82 Å². The molecule has 1 fully saturated rings. The molecular weight excluding hydrogens is 386 g/mol. The molecule has 30 heavy (non-hydrogen) atoms. The van der Waals surface area contributed by atoms with Crippen molar-refractivity contribution in [1.82, 2.24) is 9.97 Å². The zero-order valence-corrected chi connectivity index (χ0v) is 16.7. The van der Waals surface area contributed by atoms with Gasteiger partial charge in [0.15, 0.2) is 0 Å². The third kappa shape index (κ3) is 3.78. The molecule has 1 N–H and O–H groups in total. The van der Waals surface area contributed by atoms with Crippen LogP contribution in [0.3, 0.4) is 0 Å². The number of fused-ring (bicyclic) bond motifs is 1. The number of pyridine rings is 1. The van der Waals surface area contributed by atoms with Gasteiger partial charge in [-0.05, 0) is 35.7 Å². The van der Waals surface area contributed by atoms with E-state index in [9.17, 15) is 14.7 Å². The Morgan fingerprint density at radius 3 is 2.83 bits per heavy atom. The molecule has 1 aliphatic rings. The fourth-order valence-electron chi connectivity index (χ4n) is 3.93. The van der Waals surface area contributed by atoms with E-state index in [0.29, 0.717) is 66.7 Å². The lowest BCUT2D eigenvalue weighted by Gasteiger charge is -2.32. The van der Waals surface area contributed by atoms with Crippen LogP contribution in [0.5, 0.6) is 0 Å². The van der Waals surface area contributed by atoms with E-state index in [-0.39, 0.29) is 18.6 Å². The molecule has 156 valence electrons. The van der Waals surface area contributed by atoms with E-state index in [1.165, 1.54) is 0 Å². The number of benzene rings is 1. The predicted molar refractivity (Wildman–Crippen MR) is 111 cm³/mol. The molecule has 1 aliphatic heterocycles. The van der Waals surface area contributed by atoms with E-state index in [1.807, 2.05) is 19.1 Å². The zero-order chi connectivity index (χ0) is 21.1. The molecule has 0 aliphatic carbocycles. The van der Waals surface area contributed by atoms with E-state index in [1.54, 1.807) is 18.3 Å². The summed E-state index contributed by atoms with van der Waals surface area (Å²) >= 11 is 0. The number of ether oxygens (including phenoxy) is 1. The summed E-state index contributed by atoms with van der Waals surface area (Å²) in [5, 5.41) is 10.0. The first-order chi connectivity index (χ1) is 14.6. The third-order valence-electron chi connectivity index (χ3n) is 5.44. The SMILES string of the molecule is CCc1cc(CO)cc2nc(-c3cccnc3N3CCC(OC=O)CC3)oc(=O)c12. The highest BCUT2D eigenvalue weighted by molar-refractivity contribution is 5.84. The summed E-state index contributed by atoms with van der Waals surface area (Å²) in [6.45, 7) is 3.63. The van der Waals surface area contributed by atoms with Gasteiger partial charge in [-0.25, -0.2) is 14.8 Å². The van der Waals surface area contributed by atoms with Crippen molar-refractivity contribution in [2.75, 3.05) is 18.0 Å². The second-order valence-corrected chi connectivity index (χ2v) is 7.26. The van der Waals surface area contributed by atoms with Crippen molar-refractivity contribution < 1.29 is 19.1 Å². The first-order valence-electron chi connectivity index (χ1n) is 10.0. The number of anilines is 1. The second kappa shape index (κ2) is 8.62. The van der Waals surface area contributed by atoms with Crippen molar-refractivity contribution in [2.24, 2.45) is 0 Å². The molecule has 0 saturated carbocycles. The Bertz CT molecular complexity index is 1120. The summed E-state index contributed by atoms with van der Waals surface area (Å²) < 4.78 is 10.7. The number of carbonyl (C=O) groups is 1. The van der Waals surface area contributed by atoms with E-state index in [0.717, 1.165) is 5.56 Å². The van der Waals surface area contributed by atoms with Crippen molar-refractivity contribution in [2.45, 2.75) is 38.9 Å². The van der Waals surface area contributed by atoms with Crippen molar-refractivity contribution in [3.8, 4) is 11.5 Å². The number of aromatic nitrogens is 2. The van der Waals surface area contributed by atoms with Crippen molar-refractivity contribution in [3.63, 3.8) is 0 Å². The summed E-state index contributed by atoms with van der Waals surface area (Å²) in [6.07, 6.45) is 3.62. The quantitative estimate of drug-likeness (QED) is 0.619. The van der Waals surface area contributed by atoms with Crippen LogP contribution < -0.4 is 10.5 Å². The molecule has 2 aromatic heterocycles. The summed E-state index contributed by atoms with van der Waals surface area (Å²) in [6, 6.07) is 7.12. The Kier molecular flexibility index (Phi) is 5.76. The fourth-order valence-corrected chi connectivity index (χ4v) is 3.93. The summed E-state index contributed by atoms with van der Waals surface area (Å²) in [5.41, 5.74) is 2.17. The smallest absolute Gasteiger partial charge is 0.347 e. The maximum absolute atomic E-state index is 12.8. The lowest BCUT2D eigenvalue weighted by Crippen LogP contribution is -2.37. The van der Waals surface area contributed by atoms with Crippen LogP contribution in [0.15, 0.2) is 39.7 Å². The van der Waals surface area contributed by atoms with Crippen molar-refractivity contribution in [3.05, 3.63) is 52.0 Å². The van der Waals surface area contributed by atoms with Crippen LogP contribution in [0.1, 0.15) is 30.9 Å². The molecule has 0 bridgehead atoms. The highest BCUT2D eigenvalue weighted by Gasteiger charge is 2.24. The average molecular weight is 409 g/mol. The van der Waals surface area contributed by atoms with Crippen molar-refractivity contribution >= 4 is 23.2 Å². The van der Waals surface area contributed by atoms with Crippen LogP contribution in [0.25, 0.3) is 22.4 Å². The second-order valence-electron chi connectivity index (χ2n) is 7.26. The molecule has 3 heterocycles. The molecule has 0 atom stereocenters. The van der Waals surface area contributed by atoms with Crippen LogP contribution in [-0.2, 0) is 22.6 Å². The first-order valence-corrected chi connectivity index (χ1v) is 10.0. The van der Waals surface area contributed by atoms with Gasteiger partial charge in [-0.3, -0.25) is 4.79 Å². The number of aliphatic hydroxyl groups excluding tert-OH is 1. The minimum absolute atomic E-state index is 0.0907. The lowest BCUT2D eigenvalue weighted by atomic mass is 10.0. The van der Waals surface area contributed by atoms with Gasteiger partial charge in [0, 0.05) is 32.1 Å². The van der Waals surface area contributed by atoms with Gasteiger partial charge in [0.2, 0.25) is 5.89 Å². The molecule has 3 aromatic rings. The van der Waals surface area contributed by atoms with Crippen LogP contribution in [0, 0.1) is 0 Å². The Labute approximate surface area is 173 Å². The van der Waals surface area contributed by atoms with E-state index in [2.05, 4.69) is 14.9 Å². The molecule has 0 spiro atoms. The van der Waals surface area contributed by atoms with E-state index in [4.69, 9.17) is 9.15 Å².